The van der Waals surface area contributed by atoms with E-state index in [0.29, 0.717) is 44.4 Å². The molecule has 1 N–H and O–H groups in total. The van der Waals surface area contributed by atoms with E-state index in [0.717, 1.165) is 5.69 Å². The number of anilines is 1. The van der Waals surface area contributed by atoms with Crippen molar-refractivity contribution >= 4 is 11.9 Å². The predicted octanol–water partition coefficient (Wildman–Crippen LogP) is 0.552. The highest BCUT2D eigenvalue weighted by atomic mass is 16.5. The summed E-state index contributed by atoms with van der Waals surface area (Å²) in [5, 5.41) is 2.76. The summed E-state index contributed by atoms with van der Waals surface area (Å²) in [6, 6.07) is 5.03. The van der Waals surface area contributed by atoms with E-state index in [1.165, 1.54) is 10.6 Å². The van der Waals surface area contributed by atoms with Crippen LogP contribution in [0.4, 0.5) is 5.95 Å². The first-order valence-electron chi connectivity index (χ1n) is 8.40. The summed E-state index contributed by atoms with van der Waals surface area (Å²) in [5.41, 5.74) is 0.500. The topological polar surface area (TPSA) is 89.6 Å². The highest BCUT2D eigenvalue weighted by molar-refractivity contribution is 5.76. The second kappa shape index (κ2) is 7.98. The first kappa shape index (κ1) is 17.2. The van der Waals surface area contributed by atoms with E-state index in [9.17, 15) is 9.59 Å². The molecule has 25 heavy (non-hydrogen) atoms. The monoisotopic (exact) mass is 346 g/mol. The van der Waals surface area contributed by atoms with Crippen molar-refractivity contribution in [1.82, 2.24) is 14.9 Å². The van der Waals surface area contributed by atoms with Gasteiger partial charge in [0.15, 0.2) is 0 Å². The standard InChI is InChI=1S/C17H22N4O4/c1-2-13-10-16(23)21(17(19-13)20-5-8-24-9-6-20)12-15(22)18-11-14-4-3-7-25-14/h3-4,7,10H,2,5-6,8-9,11-12H2,1H3,(H,18,22). The van der Waals surface area contributed by atoms with Gasteiger partial charge in [0.25, 0.3) is 5.56 Å². The molecule has 0 bridgehead atoms. The number of rotatable bonds is 6. The molecule has 3 heterocycles. The Kier molecular flexibility index (Phi) is 5.49. The number of morpholine rings is 1. The second-order valence-corrected chi connectivity index (χ2v) is 5.78. The van der Waals surface area contributed by atoms with E-state index in [-0.39, 0.29) is 24.6 Å². The minimum Gasteiger partial charge on any atom is -0.467 e. The molecule has 8 heteroatoms. The van der Waals surface area contributed by atoms with Gasteiger partial charge >= 0.3 is 0 Å². The van der Waals surface area contributed by atoms with Crippen LogP contribution in [-0.2, 0) is 29.0 Å². The molecule has 0 spiro atoms. The quantitative estimate of drug-likeness (QED) is 0.822. The van der Waals surface area contributed by atoms with Gasteiger partial charge in [0.05, 0.1) is 26.0 Å². The molecule has 2 aromatic rings. The first-order valence-corrected chi connectivity index (χ1v) is 8.40. The van der Waals surface area contributed by atoms with Crippen molar-refractivity contribution in [3.63, 3.8) is 0 Å². The van der Waals surface area contributed by atoms with Crippen LogP contribution in [0, 0.1) is 0 Å². The summed E-state index contributed by atoms with van der Waals surface area (Å²) in [7, 11) is 0. The molecule has 1 aliphatic rings. The molecule has 0 atom stereocenters. The number of ether oxygens (including phenoxy) is 1. The van der Waals surface area contributed by atoms with Gasteiger partial charge in [-0.2, -0.15) is 0 Å². The largest absolute Gasteiger partial charge is 0.467 e. The van der Waals surface area contributed by atoms with Crippen LogP contribution in [0.2, 0.25) is 0 Å². The maximum atomic E-state index is 12.5. The fourth-order valence-corrected chi connectivity index (χ4v) is 2.67. The van der Waals surface area contributed by atoms with Crippen molar-refractivity contribution < 1.29 is 13.9 Å². The zero-order chi connectivity index (χ0) is 17.6. The van der Waals surface area contributed by atoms with Gasteiger partial charge in [-0.3, -0.25) is 14.2 Å². The molecule has 0 unspecified atom stereocenters. The van der Waals surface area contributed by atoms with Crippen LogP contribution in [-0.4, -0.2) is 41.8 Å². The predicted molar refractivity (Wildman–Crippen MR) is 91.5 cm³/mol. The Morgan fingerprint density at radius 1 is 1.36 bits per heavy atom. The van der Waals surface area contributed by atoms with E-state index in [4.69, 9.17) is 9.15 Å². The molecular formula is C17H22N4O4. The number of hydrogen-bond acceptors (Lipinski definition) is 6. The molecule has 2 aromatic heterocycles. The average molecular weight is 346 g/mol. The highest BCUT2D eigenvalue weighted by Gasteiger charge is 2.19. The SMILES string of the molecule is CCc1cc(=O)n(CC(=O)NCc2ccco2)c(N2CCOCC2)n1. The lowest BCUT2D eigenvalue weighted by Crippen LogP contribution is -2.42. The van der Waals surface area contributed by atoms with Crippen molar-refractivity contribution in [2.24, 2.45) is 0 Å². The van der Waals surface area contributed by atoms with Crippen molar-refractivity contribution in [2.45, 2.75) is 26.4 Å². The van der Waals surface area contributed by atoms with E-state index < -0.39 is 0 Å². The zero-order valence-electron chi connectivity index (χ0n) is 14.2. The normalized spacial score (nSPS) is 14.5. The van der Waals surface area contributed by atoms with Crippen LogP contribution in [0.3, 0.4) is 0 Å². The highest BCUT2D eigenvalue weighted by Crippen LogP contribution is 2.12. The first-order chi connectivity index (χ1) is 12.2. The average Bonchev–Trinajstić information content (AvgIpc) is 3.16. The van der Waals surface area contributed by atoms with Gasteiger partial charge in [-0.15, -0.1) is 0 Å². The lowest BCUT2D eigenvalue weighted by atomic mass is 10.3. The number of aryl methyl sites for hydroxylation is 1. The number of carbonyl (C=O) groups excluding carboxylic acids is 1. The molecule has 0 aliphatic carbocycles. The van der Waals surface area contributed by atoms with Gasteiger partial charge in [-0.1, -0.05) is 6.92 Å². The van der Waals surface area contributed by atoms with Gasteiger partial charge in [0.2, 0.25) is 11.9 Å². The number of carbonyl (C=O) groups is 1. The maximum absolute atomic E-state index is 12.5. The Hall–Kier alpha value is -2.61. The van der Waals surface area contributed by atoms with E-state index in [1.54, 1.807) is 18.4 Å². The number of amides is 1. The molecule has 134 valence electrons. The summed E-state index contributed by atoms with van der Waals surface area (Å²) >= 11 is 0. The van der Waals surface area contributed by atoms with Crippen LogP contribution < -0.4 is 15.8 Å². The van der Waals surface area contributed by atoms with Crippen LogP contribution in [0.5, 0.6) is 0 Å². The molecule has 1 amide bonds. The Labute approximate surface area is 145 Å². The summed E-state index contributed by atoms with van der Waals surface area (Å²) < 4.78 is 12.0. The summed E-state index contributed by atoms with van der Waals surface area (Å²) in [6.07, 6.45) is 2.22. The van der Waals surface area contributed by atoms with Crippen LogP contribution in [0.25, 0.3) is 0 Å². The van der Waals surface area contributed by atoms with Crippen LogP contribution in [0.15, 0.2) is 33.7 Å². The van der Waals surface area contributed by atoms with Crippen LogP contribution in [0.1, 0.15) is 18.4 Å². The number of aromatic nitrogens is 2. The summed E-state index contributed by atoms with van der Waals surface area (Å²) in [5.74, 6) is 0.924. The molecular weight excluding hydrogens is 324 g/mol. The minimum atomic E-state index is -0.265. The zero-order valence-corrected chi connectivity index (χ0v) is 14.2. The van der Waals surface area contributed by atoms with Crippen molar-refractivity contribution in [3.8, 4) is 0 Å². The van der Waals surface area contributed by atoms with E-state index in [2.05, 4.69) is 10.3 Å². The Morgan fingerprint density at radius 3 is 2.84 bits per heavy atom. The molecule has 1 fully saturated rings. The van der Waals surface area contributed by atoms with Gasteiger partial charge in [-0.05, 0) is 18.6 Å². The molecule has 8 nitrogen and oxygen atoms in total. The van der Waals surface area contributed by atoms with Crippen molar-refractivity contribution in [3.05, 3.63) is 46.3 Å². The molecule has 0 radical (unpaired) electrons. The smallest absolute Gasteiger partial charge is 0.255 e. The van der Waals surface area contributed by atoms with Gasteiger partial charge in [-0.25, -0.2) is 4.98 Å². The number of hydrogen-bond donors (Lipinski definition) is 1. The Bertz CT molecular complexity index is 763. The number of nitrogens with zero attached hydrogens (tertiary/aromatic N) is 3. The second-order valence-electron chi connectivity index (χ2n) is 5.78. The summed E-state index contributed by atoms with van der Waals surface area (Å²) in [6.45, 7) is 4.61. The van der Waals surface area contributed by atoms with E-state index in [1.807, 2.05) is 11.8 Å². The van der Waals surface area contributed by atoms with Crippen molar-refractivity contribution in [1.29, 1.82) is 0 Å². The minimum absolute atomic E-state index is 0.0801. The molecule has 1 aliphatic heterocycles. The maximum Gasteiger partial charge on any atom is 0.255 e. The molecule has 1 saturated heterocycles. The Morgan fingerprint density at radius 2 is 2.16 bits per heavy atom. The van der Waals surface area contributed by atoms with Crippen LogP contribution >= 0.6 is 0 Å². The third-order valence-corrected chi connectivity index (χ3v) is 4.04. The lowest BCUT2D eigenvalue weighted by Gasteiger charge is -2.29. The van der Waals surface area contributed by atoms with Crippen molar-refractivity contribution in [2.75, 3.05) is 31.2 Å². The third kappa shape index (κ3) is 4.27. The fraction of sp³-hybridized carbons (Fsp3) is 0.471. The molecule has 3 rings (SSSR count). The third-order valence-electron chi connectivity index (χ3n) is 4.04. The molecule has 0 aromatic carbocycles. The van der Waals surface area contributed by atoms with E-state index >= 15 is 0 Å². The van der Waals surface area contributed by atoms with Gasteiger partial charge < -0.3 is 19.4 Å². The van der Waals surface area contributed by atoms with Gasteiger partial charge in [0.1, 0.15) is 12.3 Å². The molecule has 0 saturated carbocycles. The fourth-order valence-electron chi connectivity index (χ4n) is 2.67. The Balaban J connectivity index is 1.78. The lowest BCUT2D eigenvalue weighted by molar-refractivity contribution is -0.121. The number of furan rings is 1. The number of nitrogens with one attached hydrogen (secondary N) is 1. The van der Waals surface area contributed by atoms with Gasteiger partial charge in [0, 0.05) is 24.8 Å². The summed E-state index contributed by atoms with van der Waals surface area (Å²) in [4.78, 5) is 31.3.